The molecule has 35 heavy (non-hydrogen) atoms. The largest absolute Gasteiger partial charge is 0.378 e. The first-order valence-corrected chi connectivity index (χ1v) is 13.3. The van der Waals surface area contributed by atoms with Crippen LogP contribution >= 0.6 is 0 Å². The number of ether oxygens (including phenoxy) is 1. The minimum Gasteiger partial charge on any atom is -0.378 e. The summed E-state index contributed by atoms with van der Waals surface area (Å²) < 4.78 is 31.9. The summed E-state index contributed by atoms with van der Waals surface area (Å²) in [5.41, 5.74) is 8.83. The average Bonchev–Trinajstić information content (AvgIpc) is 3.27. The van der Waals surface area contributed by atoms with Crippen molar-refractivity contribution in [2.45, 2.75) is 36.8 Å². The van der Waals surface area contributed by atoms with Gasteiger partial charge in [0.15, 0.2) is 15.6 Å². The molecule has 2 N–H and O–H groups in total. The van der Waals surface area contributed by atoms with E-state index in [2.05, 4.69) is 54.0 Å². The number of primary amides is 1. The second kappa shape index (κ2) is 8.84. The molecule has 1 unspecified atom stereocenters. The van der Waals surface area contributed by atoms with Crippen molar-refractivity contribution in [1.29, 1.82) is 0 Å². The molecule has 0 aromatic heterocycles. The van der Waals surface area contributed by atoms with E-state index in [9.17, 15) is 13.2 Å². The van der Waals surface area contributed by atoms with Crippen LogP contribution in [0, 0.1) is 6.92 Å². The van der Waals surface area contributed by atoms with E-state index in [1.807, 2.05) is 39.2 Å². The van der Waals surface area contributed by atoms with Crippen molar-refractivity contribution in [3.05, 3.63) is 71.3 Å². The van der Waals surface area contributed by atoms with Gasteiger partial charge in [-0.25, -0.2) is 8.42 Å². The van der Waals surface area contributed by atoms with Gasteiger partial charge in [0.2, 0.25) is 5.91 Å². The number of aryl methyl sites for hydroxylation is 1. The summed E-state index contributed by atoms with van der Waals surface area (Å²) in [6.45, 7) is 7.30. The van der Waals surface area contributed by atoms with E-state index < -0.39 is 32.6 Å². The number of rotatable bonds is 7. The van der Waals surface area contributed by atoms with Crippen LogP contribution in [0.15, 0.2) is 59.5 Å². The van der Waals surface area contributed by atoms with Gasteiger partial charge in [0.05, 0.1) is 11.5 Å². The molecular weight excluding hydrogens is 462 g/mol. The van der Waals surface area contributed by atoms with Gasteiger partial charge in [-0.3, -0.25) is 4.79 Å². The number of nitrogens with two attached hydrogens (primary N) is 1. The molecule has 8 heteroatoms. The van der Waals surface area contributed by atoms with E-state index in [1.165, 1.54) is 0 Å². The van der Waals surface area contributed by atoms with Gasteiger partial charge in [0.1, 0.15) is 5.75 Å². The monoisotopic (exact) mass is 495 g/mol. The maximum absolute atomic E-state index is 12.8. The van der Waals surface area contributed by atoms with Gasteiger partial charge in [0.25, 0.3) is 0 Å². The van der Waals surface area contributed by atoms with Crippen LogP contribution in [0.1, 0.15) is 30.5 Å². The number of anilines is 2. The minimum atomic E-state index is -3.82. The smallest absolute Gasteiger partial charge is 0.233 e. The van der Waals surface area contributed by atoms with Gasteiger partial charge in [0, 0.05) is 37.4 Å². The lowest BCUT2D eigenvalue weighted by molar-refractivity contribution is -0.115. The minimum absolute atomic E-state index is 0.113. The number of benzene rings is 2. The zero-order valence-electron chi connectivity index (χ0n) is 20.9. The number of fused-ring (bicyclic) bond motifs is 3. The molecule has 2 aliphatic heterocycles. The standard InChI is InChI=1S/C27H33N3O4S/c1-19-16-22(35(32,33)18-24(28)31)17-23-25(19)30-14-15-34-27(30,26(23,2)3)13-7-6-8-20-9-11-21(12-10-20)29(4)5/h6-13,16-17H,14-15,18H2,1-5H3,(H2,28,31)/b8-6+,13-7+. The van der Waals surface area contributed by atoms with Crippen molar-refractivity contribution in [2.75, 3.05) is 42.8 Å². The molecule has 4 rings (SSSR count). The summed E-state index contributed by atoms with van der Waals surface area (Å²) in [6, 6.07) is 11.6. The summed E-state index contributed by atoms with van der Waals surface area (Å²) >= 11 is 0. The highest BCUT2D eigenvalue weighted by Gasteiger charge is 2.59. The molecule has 186 valence electrons. The van der Waals surface area contributed by atoms with E-state index in [1.54, 1.807) is 12.1 Å². The Bertz CT molecular complexity index is 1310. The number of allylic oxidation sites excluding steroid dienone is 2. The van der Waals surface area contributed by atoms with Crippen molar-refractivity contribution >= 4 is 33.2 Å². The third-order valence-electron chi connectivity index (χ3n) is 6.97. The first-order valence-electron chi connectivity index (χ1n) is 11.6. The van der Waals surface area contributed by atoms with Crippen LogP contribution in [0.5, 0.6) is 0 Å². The zero-order chi connectivity index (χ0) is 25.6. The second-order valence-corrected chi connectivity index (χ2v) is 11.9. The summed E-state index contributed by atoms with van der Waals surface area (Å²) in [7, 11) is 0.203. The van der Waals surface area contributed by atoms with E-state index in [0.29, 0.717) is 13.2 Å². The maximum atomic E-state index is 12.8. The number of hydrogen-bond acceptors (Lipinski definition) is 6. The van der Waals surface area contributed by atoms with Crippen LogP contribution in [-0.4, -0.2) is 53.0 Å². The van der Waals surface area contributed by atoms with Gasteiger partial charge < -0.3 is 20.3 Å². The van der Waals surface area contributed by atoms with Gasteiger partial charge in [-0.2, -0.15) is 0 Å². The first kappa shape index (κ1) is 25.0. The SMILES string of the molecule is Cc1cc(S(=O)(=O)CC(N)=O)cc2c1N1CCOC1(/C=C/C=C/c1ccc(N(C)C)cc1)C2(C)C. The van der Waals surface area contributed by atoms with Crippen LogP contribution in [-0.2, 0) is 24.8 Å². The molecule has 2 aliphatic rings. The van der Waals surface area contributed by atoms with Crippen molar-refractivity contribution in [3.8, 4) is 0 Å². The highest BCUT2D eigenvalue weighted by Crippen LogP contribution is 2.56. The number of carbonyl (C=O) groups excluding carboxylic acids is 1. The van der Waals surface area contributed by atoms with Crippen LogP contribution in [0.3, 0.4) is 0 Å². The number of carbonyl (C=O) groups is 1. The van der Waals surface area contributed by atoms with Crippen molar-refractivity contribution in [2.24, 2.45) is 5.73 Å². The number of nitrogens with zero attached hydrogens (tertiary/aromatic N) is 2. The van der Waals surface area contributed by atoms with Crippen molar-refractivity contribution in [1.82, 2.24) is 0 Å². The summed E-state index contributed by atoms with van der Waals surface area (Å²) in [6.07, 6.45) is 8.09. The van der Waals surface area contributed by atoms with Crippen LogP contribution in [0.2, 0.25) is 0 Å². The fourth-order valence-electron chi connectivity index (χ4n) is 5.14. The molecule has 7 nitrogen and oxygen atoms in total. The molecule has 0 aliphatic carbocycles. The van der Waals surface area contributed by atoms with Crippen LogP contribution in [0.25, 0.3) is 6.08 Å². The van der Waals surface area contributed by atoms with E-state index in [4.69, 9.17) is 10.5 Å². The predicted molar refractivity (Wildman–Crippen MR) is 140 cm³/mol. The molecular formula is C27H33N3O4S. The molecule has 1 atom stereocenters. The number of amides is 1. The molecule has 0 bridgehead atoms. The highest BCUT2D eigenvalue weighted by molar-refractivity contribution is 7.92. The Morgan fingerprint density at radius 3 is 2.49 bits per heavy atom. The third kappa shape index (κ3) is 4.25. The Morgan fingerprint density at radius 1 is 1.17 bits per heavy atom. The lowest BCUT2D eigenvalue weighted by Crippen LogP contribution is -2.51. The molecule has 1 fully saturated rings. The van der Waals surface area contributed by atoms with Gasteiger partial charge in [-0.15, -0.1) is 0 Å². The second-order valence-electron chi connectivity index (χ2n) is 9.89. The Hall–Kier alpha value is -3.10. The number of hydrogen-bond donors (Lipinski definition) is 1. The van der Waals surface area contributed by atoms with E-state index in [-0.39, 0.29) is 4.90 Å². The zero-order valence-corrected chi connectivity index (χ0v) is 21.7. The van der Waals surface area contributed by atoms with Gasteiger partial charge >= 0.3 is 0 Å². The molecule has 1 amide bonds. The summed E-state index contributed by atoms with van der Waals surface area (Å²) in [4.78, 5) is 15.7. The fraction of sp³-hybridized carbons (Fsp3) is 0.370. The molecule has 0 radical (unpaired) electrons. The highest BCUT2D eigenvalue weighted by atomic mass is 32.2. The van der Waals surface area contributed by atoms with Crippen molar-refractivity contribution < 1.29 is 17.9 Å². The van der Waals surface area contributed by atoms with Crippen LogP contribution < -0.4 is 15.5 Å². The Kier molecular flexibility index (Phi) is 6.32. The molecule has 2 aromatic carbocycles. The lowest BCUT2D eigenvalue weighted by atomic mass is 9.77. The van der Waals surface area contributed by atoms with Crippen LogP contribution in [0.4, 0.5) is 11.4 Å². The quantitative estimate of drug-likeness (QED) is 0.592. The maximum Gasteiger partial charge on any atom is 0.233 e. The normalized spacial score (nSPS) is 21.0. The van der Waals surface area contributed by atoms with Gasteiger partial charge in [-0.05, 0) is 54.0 Å². The lowest BCUT2D eigenvalue weighted by Gasteiger charge is -2.39. The molecule has 0 saturated carbocycles. The Balaban J connectivity index is 1.68. The Labute approximate surface area is 207 Å². The Morgan fingerprint density at radius 2 is 1.86 bits per heavy atom. The first-order chi connectivity index (χ1) is 16.4. The van der Waals surface area contributed by atoms with E-state index in [0.717, 1.165) is 28.1 Å². The van der Waals surface area contributed by atoms with Crippen molar-refractivity contribution in [3.63, 3.8) is 0 Å². The summed E-state index contributed by atoms with van der Waals surface area (Å²) in [5, 5.41) is 0. The predicted octanol–water partition coefficient (Wildman–Crippen LogP) is 3.41. The third-order valence-corrected chi connectivity index (χ3v) is 8.59. The topological polar surface area (TPSA) is 92.9 Å². The van der Waals surface area contributed by atoms with E-state index >= 15 is 0 Å². The molecule has 2 heterocycles. The number of sulfone groups is 1. The molecule has 2 aromatic rings. The summed E-state index contributed by atoms with van der Waals surface area (Å²) in [5.74, 6) is -1.58. The van der Waals surface area contributed by atoms with Gasteiger partial charge in [-0.1, -0.05) is 44.2 Å². The molecule has 1 saturated heterocycles. The average molecular weight is 496 g/mol. The molecule has 0 spiro atoms. The fourth-order valence-corrected chi connectivity index (χ4v) is 6.33.